The van der Waals surface area contributed by atoms with Crippen LogP contribution < -0.4 is 5.32 Å². The average molecular weight is 227 g/mol. The minimum absolute atomic E-state index is 0.479. The molecule has 1 rings (SSSR count). The second-order valence-corrected chi connectivity index (χ2v) is 5.15. The number of ether oxygens (including phenoxy) is 1. The van der Waals surface area contributed by atoms with E-state index in [9.17, 15) is 0 Å². The topological polar surface area (TPSA) is 21.3 Å². The van der Waals surface area contributed by atoms with Gasteiger partial charge in [-0.05, 0) is 26.2 Å². The Morgan fingerprint density at radius 3 is 2.50 bits per heavy atom. The third-order valence-corrected chi connectivity index (χ3v) is 3.47. The fourth-order valence-electron chi connectivity index (χ4n) is 2.25. The summed E-state index contributed by atoms with van der Waals surface area (Å²) >= 11 is 0. The van der Waals surface area contributed by atoms with Crippen molar-refractivity contribution in [3.8, 4) is 0 Å². The maximum atomic E-state index is 5.88. The Balaban J connectivity index is 1.84. The van der Waals surface area contributed by atoms with Crippen molar-refractivity contribution in [3.63, 3.8) is 0 Å². The van der Waals surface area contributed by atoms with Crippen LogP contribution in [0.1, 0.15) is 65.2 Å². The van der Waals surface area contributed by atoms with Gasteiger partial charge in [0.15, 0.2) is 0 Å². The number of unbranched alkanes of at least 4 members (excludes halogenated alkanes) is 5. The molecular formula is C14H29NO. The molecule has 16 heavy (non-hydrogen) atoms. The van der Waals surface area contributed by atoms with E-state index in [1.54, 1.807) is 0 Å². The van der Waals surface area contributed by atoms with Gasteiger partial charge >= 0.3 is 0 Å². The van der Waals surface area contributed by atoms with Gasteiger partial charge in [0.2, 0.25) is 0 Å². The molecule has 1 aliphatic heterocycles. The Morgan fingerprint density at radius 1 is 1.06 bits per heavy atom. The van der Waals surface area contributed by atoms with Crippen molar-refractivity contribution in [2.75, 3.05) is 13.2 Å². The molecule has 1 fully saturated rings. The van der Waals surface area contributed by atoms with Crippen molar-refractivity contribution < 1.29 is 4.74 Å². The molecular weight excluding hydrogens is 198 g/mol. The molecule has 0 radical (unpaired) electrons. The number of hydrogen-bond donors (Lipinski definition) is 1. The van der Waals surface area contributed by atoms with Gasteiger partial charge in [0.05, 0.1) is 6.10 Å². The lowest BCUT2D eigenvalue weighted by atomic mass is 10.0. The van der Waals surface area contributed by atoms with Crippen LogP contribution >= 0.6 is 0 Å². The van der Waals surface area contributed by atoms with Gasteiger partial charge in [0, 0.05) is 19.2 Å². The first-order valence-corrected chi connectivity index (χ1v) is 7.18. The molecule has 0 bridgehead atoms. The van der Waals surface area contributed by atoms with E-state index in [4.69, 9.17) is 4.74 Å². The van der Waals surface area contributed by atoms with Gasteiger partial charge in [0.25, 0.3) is 0 Å². The minimum atomic E-state index is 0.479. The molecule has 2 nitrogen and oxygen atoms in total. The second-order valence-electron chi connectivity index (χ2n) is 5.15. The first-order chi connectivity index (χ1) is 7.83. The number of nitrogens with one attached hydrogen (secondary N) is 1. The van der Waals surface area contributed by atoms with E-state index in [0.29, 0.717) is 12.1 Å². The molecule has 96 valence electrons. The zero-order valence-electron chi connectivity index (χ0n) is 11.1. The summed E-state index contributed by atoms with van der Waals surface area (Å²) in [5, 5.41) is 3.48. The molecule has 0 aromatic rings. The molecule has 0 saturated carbocycles. The Bertz CT molecular complexity index is 153. The summed E-state index contributed by atoms with van der Waals surface area (Å²) in [7, 11) is 0. The van der Waals surface area contributed by atoms with Crippen LogP contribution in [0.4, 0.5) is 0 Å². The van der Waals surface area contributed by atoms with Crippen molar-refractivity contribution >= 4 is 0 Å². The monoisotopic (exact) mass is 227 g/mol. The molecule has 2 atom stereocenters. The second kappa shape index (κ2) is 9.00. The Hall–Kier alpha value is -0.0800. The first-order valence-electron chi connectivity index (χ1n) is 7.18. The van der Waals surface area contributed by atoms with Gasteiger partial charge in [-0.15, -0.1) is 0 Å². The highest BCUT2D eigenvalue weighted by atomic mass is 16.5. The summed E-state index contributed by atoms with van der Waals surface area (Å²) in [4.78, 5) is 0. The summed E-state index contributed by atoms with van der Waals surface area (Å²) in [6, 6.07) is 0.689. The summed E-state index contributed by atoms with van der Waals surface area (Å²) in [6.07, 6.45) is 11.1. The van der Waals surface area contributed by atoms with E-state index in [1.807, 2.05) is 0 Å². The van der Waals surface area contributed by atoms with Gasteiger partial charge in [-0.2, -0.15) is 0 Å². The molecule has 2 heteroatoms. The van der Waals surface area contributed by atoms with Crippen LogP contribution in [0.15, 0.2) is 0 Å². The standard InChI is InChI=1S/C14H29NO/c1-3-4-5-6-7-8-11-16-14-10-9-13(2)15-12-14/h13-15H,3-12H2,1-2H3. The van der Waals surface area contributed by atoms with Gasteiger partial charge in [-0.25, -0.2) is 0 Å². The highest BCUT2D eigenvalue weighted by Crippen LogP contribution is 2.12. The molecule has 0 amide bonds. The number of hydrogen-bond acceptors (Lipinski definition) is 2. The highest BCUT2D eigenvalue weighted by Gasteiger charge is 2.17. The van der Waals surface area contributed by atoms with Crippen LogP contribution in [0.3, 0.4) is 0 Å². The first kappa shape index (κ1) is 14.0. The van der Waals surface area contributed by atoms with Crippen molar-refractivity contribution in [2.45, 2.75) is 77.4 Å². The lowest BCUT2D eigenvalue weighted by Crippen LogP contribution is -2.41. The average Bonchev–Trinajstić information content (AvgIpc) is 2.30. The van der Waals surface area contributed by atoms with Gasteiger partial charge < -0.3 is 10.1 Å². The predicted octanol–water partition coefficient (Wildman–Crippen LogP) is 3.50. The summed E-state index contributed by atoms with van der Waals surface area (Å²) in [6.45, 7) is 6.54. The van der Waals surface area contributed by atoms with Crippen LogP contribution in [0.5, 0.6) is 0 Å². The van der Waals surface area contributed by atoms with Crippen LogP contribution in [-0.2, 0) is 4.74 Å². The summed E-state index contributed by atoms with van der Waals surface area (Å²) < 4.78 is 5.88. The highest BCUT2D eigenvalue weighted by molar-refractivity contribution is 4.74. The maximum Gasteiger partial charge on any atom is 0.0700 e. The molecule has 0 aromatic carbocycles. The molecule has 0 spiro atoms. The van der Waals surface area contributed by atoms with Crippen molar-refractivity contribution in [1.82, 2.24) is 5.32 Å². The number of rotatable bonds is 8. The van der Waals surface area contributed by atoms with Crippen molar-refractivity contribution in [3.05, 3.63) is 0 Å². The lowest BCUT2D eigenvalue weighted by molar-refractivity contribution is 0.0286. The van der Waals surface area contributed by atoms with Gasteiger partial charge in [-0.3, -0.25) is 0 Å². The third kappa shape index (κ3) is 6.49. The van der Waals surface area contributed by atoms with Gasteiger partial charge in [0.1, 0.15) is 0 Å². The summed E-state index contributed by atoms with van der Waals surface area (Å²) in [5.41, 5.74) is 0. The molecule has 0 aromatic heterocycles. The lowest BCUT2D eigenvalue weighted by Gasteiger charge is -2.27. The Labute approximate surface area is 101 Å². The van der Waals surface area contributed by atoms with Crippen LogP contribution in [-0.4, -0.2) is 25.3 Å². The van der Waals surface area contributed by atoms with E-state index in [1.165, 1.54) is 51.4 Å². The smallest absolute Gasteiger partial charge is 0.0700 e. The normalized spacial score (nSPS) is 25.9. The van der Waals surface area contributed by atoms with Crippen LogP contribution in [0.2, 0.25) is 0 Å². The van der Waals surface area contributed by atoms with Gasteiger partial charge in [-0.1, -0.05) is 39.0 Å². The molecule has 1 N–H and O–H groups in total. The van der Waals surface area contributed by atoms with E-state index < -0.39 is 0 Å². The fourth-order valence-corrected chi connectivity index (χ4v) is 2.25. The van der Waals surface area contributed by atoms with Crippen LogP contribution in [0, 0.1) is 0 Å². The third-order valence-electron chi connectivity index (χ3n) is 3.47. The maximum absolute atomic E-state index is 5.88. The van der Waals surface area contributed by atoms with E-state index in [0.717, 1.165) is 13.2 Å². The Kier molecular flexibility index (Phi) is 7.87. The number of piperidine rings is 1. The van der Waals surface area contributed by atoms with Crippen molar-refractivity contribution in [1.29, 1.82) is 0 Å². The van der Waals surface area contributed by atoms with Crippen molar-refractivity contribution in [2.24, 2.45) is 0 Å². The zero-order valence-corrected chi connectivity index (χ0v) is 11.1. The molecule has 1 saturated heterocycles. The largest absolute Gasteiger partial charge is 0.377 e. The predicted molar refractivity (Wildman–Crippen MR) is 69.8 cm³/mol. The SMILES string of the molecule is CCCCCCCCOC1CCC(C)NC1. The molecule has 1 aliphatic rings. The molecule has 1 heterocycles. The fraction of sp³-hybridized carbons (Fsp3) is 1.00. The van der Waals surface area contributed by atoms with Crippen LogP contribution in [0.25, 0.3) is 0 Å². The van der Waals surface area contributed by atoms with E-state index in [-0.39, 0.29) is 0 Å². The molecule has 2 unspecified atom stereocenters. The minimum Gasteiger partial charge on any atom is -0.377 e. The molecule has 0 aliphatic carbocycles. The van der Waals surface area contributed by atoms with E-state index in [2.05, 4.69) is 19.2 Å². The zero-order chi connectivity index (χ0) is 11.6. The Morgan fingerprint density at radius 2 is 1.81 bits per heavy atom. The summed E-state index contributed by atoms with van der Waals surface area (Å²) in [5.74, 6) is 0. The van der Waals surface area contributed by atoms with E-state index >= 15 is 0 Å². The quantitative estimate of drug-likeness (QED) is 0.641.